The second-order valence-corrected chi connectivity index (χ2v) is 11.8. The summed E-state index contributed by atoms with van der Waals surface area (Å²) in [7, 11) is 0. The number of para-hydroxylation sites is 1. The first-order valence-corrected chi connectivity index (χ1v) is 15.2. The third-order valence-electron chi connectivity index (χ3n) is 8.65. The van der Waals surface area contributed by atoms with Crippen molar-refractivity contribution in [2.24, 2.45) is 5.92 Å². The van der Waals surface area contributed by atoms with E-state index in [4.69, 9.17) is 0 Å². The average molecular weight is 603 g/mol. The van der Waals surface area contributed by atoms with E-state index in [1.165, 1.54) is 0 Å². The third-order valence-corrected chi connectivity index (χ3v) is 8.65. The fourth-order valence-electron chi connectivity index (χ4n) is 6.35. The lowest BCUT2D eigenvalue weighted by Gasteiger charge is -2.55. The van der Waals surface area contributed by atoms with Crippen LogP contribution in [0.4, 0.5) is 4.79 Å². The van der Waals surface area contributed by atoms with Crippen LogP contribution in [0.2, 0.25) is 0 Å². The Morgan fingerprint density at radius 2 is 1.69 bits per heavy atom. The molecule has 0 spiro atoms. The summed E-state index contributed by atoms with van der Waals surface area (Å²) in [6.45, 7) is 1.24. The summed E-state index contributed by atoms with van der Waals surface area (Å²) >= 11 is 0. The van der Waals surface area contributed by atoms with Gasteiger partial charge in [0.05, 0.1) is 18.6 Å². The Balaban J connectivity index is 1.25. The van der Waals surface area contributed by atoms with Gasteiger partial charge in [-0.15, -0.1) is 0 Å². The van der Waals surface area contributed by atoms with E-state index in [2.05, 4.69) is 22.5 Å². The lowest BCUT2D eigenvalue weighted by Crippen LogP contribution is -2.76. The van der Waals surface area contributed by atoms with E-state index < -0.39 is 12.2 Å². The molecular weight excluding hydrogens is 568 g/mol. The summed E-state index contributed by atoms with van der Waals surface area (Å²) in [6, 6.07) is 24.9. The molecular formula is C35H34N6O4. The highest BCUT2D eigenvalue weighted by Crippen LogP contribution is 2.32. The molecule has 2 aliphatic heterocycles. The van der Waals surface area contributed by atoms with E-state index >= 15 is 0 Å². The molecule has 2 atom stereocenters. The summed E-state index contributed by atoms with van der Waals surface area (Å²) in [5.74, 6) is -0.0834. The van der Waals surface area contributed by atoms with Gasteiger partial charge in [-0.25, -0.2) is 14.8 Å². The van der Waals surface area contributed by atoms with Gasteiger partial charge in [0, 0.05) is 43.6 Å². The maximum Gasteiger partial charge on any atom is 0.334 e. The zero-order valence-electron chi connectivity index (χ0n) is 24.7. The molecule has 4 amide bonds. The van der Waals surface area contributed by atoms with Crippen molar-refractivity contribution in [3.8, 4) is 5.75 Å². The van der Waals surface area contributed by atoms with Gasteiger partial charge in [0.15, 0.2) is 0 Å². The van der Waals surface area contributed by atoms with Gasteiger partial charge >= 0.3 is 6.03 Å². The van der Waals surface area contributed by atoms with Crippen molar-refractivity contribution in [2.75, 3.05) is 19.6 Å². The van der Waals surface area contributed by atoms with Crippen LogP contribution in [-0.4, -0.2) is 79.6 Å². The number of hydrogen-bond acceptors (Lipinski definition) is 6. The zero-order valence-corrected chi connectivity index (χ0v) is 24.7. The normalized spacial score (nSPS) is 20.0. The lowest BCUT2D eigenvalue weighted by atomic mass is 9.98. The zero-order chi connectivity index (χ0) is 30.9. The Labute approximate surface area is 261 Å². The maximum atomic E-state index is 14.3. The number of fused-ring (bicyclic) bond motifs is 2. The third kappa shape index (κ3) is 5.97. The lowest BCUT2D eigenvalue weighted by molar-refractivity contribution is -0.191. The van der Waals surface area contributed by atoms with E-state index in [-0.39, 0.29) is 55.6 Å². The molecule has 0 bridgehead atoms. The molecule has 10 heteroatoms. The molecule has 0 saturated carbocycles. The van der Waals surface area contributed by atoms with Crippen molar-refractivity contribution in [1.82, 2.24) is 30.1 Å². The molecule has 7 rings (SSSR count). The minimum atomic E-state index is -0.839. The van der Waals surface area contributed by atoms with Gasteiger partial charge in [-0.05, 0) is 34.9 Å². The molecule has 45 heavy (non-hydrogen) atoms. The second kappa shape index (κ2) is 12.0. The Kier molecular flexibility index (Phi) is 7.64. The van der Waals surface area contributed by atoms with Crippen molar-refractivity contribution < 1.29 is 19.5 Å². The SMILES string of the molecule is O=C1[C@H](Cc2ccc(O)cc2)N2C(=O)CN(CC3C=C3)N(C(=O)NCc3ccccc3)[C@H]2CN1Cc1cccc2cccnc12. The van der Waals surface area contributed by atoms with E-state index in [1.54, 1.807) is 45.3 Å². The number of aromatic hydroxyl groups is 1. The quantitative estimate of drug-likeness (QED) is 0.298. The van der Waals surface area contributed by atoms with Crippen LogP contribution >= 0.6 is 0 Å². The number of benzene rings is 3. The van der Waals surface area contributed by atoms with Gasteiger partial charge in [-0.2, -0.15) is 0 Å². The maximum absolute atomic E-state index is 14.3. The Morgan fingerprint density at radius 3 is 2.47 bits per heavy atom. The van der Waals surface area contributed by atoms with Gasteiger partial charge in [0.25, 0.3) is 0 Å². The van der Waals surface area contributed by atoms with Crippen molar-refractivity contribution in [2.45, 2.75) is 31.7 Å². The van der Waals surface area contributed by atoms with Crippen molar-refractivity contribution in [1.29, 1.82) is 0 Å². The fourth-order valence-corrected chi connectivity index (χ4v) is 6.35. The van der Waals surface area contributed by atoms with Gasteiger partial charge in [0.1, 0.15) is 18.0 Å². The Morgan fingerprint density at radius 1 is 0.911 bits per heavy atom. The molecule has 1 aromatic heterocycles. The number of urea groups is 1. The van der Waals surface area contributed by atoms with Crippen molar-refractivity contribution >= 4 is 28.7 Å². The highest BCUT2D eigenvalue weighted by molar-refractivity contribution is 5.92. The summed E-state index contributed by atoms with van der Waals surface area (Å²) < 4.78 is 0. The summed E-state index contributed by atoms with van der Waals surface area (Å²) in [4.78, 5) is 50.2. The monoisotopic (exact) mass is 602 g/mol. The molecule has 3 heterocycles. The number of rotatable bonds is 8. The molecule has 228 valence electrons. The standard InChI is InChI=1S/C35H34N6O4/c42-29-15-13-24(14-16-29)18-30-34(44)38(21-28-9-4-8-27-10-5-17-36-33(27)28)22-31-40(30)32(43)23-39(20-26-11-12-26)41(31)35(45)37-19-25-6-2-1-3-7-25/h1-17,26,30-31,42H,18-23H2,(H,37,45)/t30-,31-/m0/s1. The molecule has 10 nitrogen and oxygen atoms in total. The van der Waals surface area contributed by atoms with Gasteiger partial charge in [-0.1, -0.05) is 78.9 Å². The van der Waals surface area contributed by atoms with Crippen LogP contribution in [0.25, 0.3) is 10.9 Å². The summed E-state index contributed by atoms with van der Waals surface area (Å²) in [5.41, 5.74) is 3.46. The van der Waals surface area contributed by atoms with E-state index in [1.807, 2.05) is 65.7 Å². The van der Waals surface area contributed by atoms with E-state index in [9.17, 15) is 19.5 Å². The smallest absolute Gasteiger partial charge is 0.334 e. The number of amides is 4. The van der Waals surface area contributed by atoms with Crippen LogP contribution < -0.4 is 5.32 Å². The summed E-state index contributed by atoms with van der Waals surface area (Å²) in [6.07, 6.45) is 5.36. The molecule has 2 saturated heterocycles. The molecule has 3 aliphatic rings. The number of phenols is 1. The largest absolute Gasteiger partial charge is 0.508 e. The van der Waals surface area contributed by atoms with Crippen LogP contribution in [-0.2, 0) is 29.1 Å². The number of hydrazine groups is 1. The fraction of sp³-hybridized carbons (Fsp3) is 0.257. The molecule has 0 unspecified atom stereocenters. The molecule has 4 aromatic rings. The van der Waals surface area contributed by atoms with Gasteiger partial charge < -0.3 is 20.2 Å². The van der Waals surface area contributed by atoms with Crippen LogP contribution in [0.15, 0.2) is 103 Å². The molecule has 1 aliphatic carbocycles. The first-order chi connectivity index (χ1) is 21.9. The second-order valence-electron chi connectivity index (χ2n) is 11.8. The number of carbonyl (C=O) groups is 3. The van der Waals surface area contributed by atoms with Crippen molar-refractivity contribution in [3.05, 3.63) is 120 Å². The average Bonchev–Trinajstić information content (AvgIpc) is 3.87. The van der Waals surface area contributed by atoms with E-state index in [0.717, 1.165) is 27.6 Å². The van der Waals surface area contributed by atoms with Crippen LogP contribution in [0.3, 0.4) is 0 Å². The molecule has 2 fully saturated rings. The number of nitrogens with zero attached hydrogens (tertiary/aromatic N) is 5. The van der Waals surface area contributed by atoms with Crippen LogP contribution in [0.5, 0.6) is 5.75 Å². The predicted molar refractivity (Wildman–Crippen MR) is 168 cm³/mol. The molecule has 3 aromatic carbocycles. The van der Waals surface area contributed by atoms with E-state index in [0.29, 0.717) is 13.1 Å². The predicted octanol–water partition coefficient (Wildman–Crippen LogP) is 3.68. The first kappa shape index (κ1) is 28.5. The topological polar surface area (TPSA) is 109 Å². The minimum absolute atomic E-state index is 0.0139. The Bertz CT molecular complexity index is 1750. The van der Waals surface area contributed by atoms with Crippen LogP contribution in [0.1, 0.15) is 16.7 Å². The first-order valence-electron chi connectivity index (χ1n) is 15.2. The Hall–Kier alpha value is -5.22. The number of hydrogen-bond donors (Lipinski definition) is 2. The number of pyridine rings is 1. The van der Waals surface area contributed by atoms with Gasteiger partial charge in [0.2, 0.25) is 11.8 Å². The number of phenolic OH excluding ortho intramolecular Hbond substituents is 1. The number of aromatic nitrogens is 1. The summed E-state index contributed by atoms with van der Waals surface area (Å²) in [5, 5.41) is 17.4. The minimum Gasteiger partial charge on any atom is -0.508 e. The molecule has 0 radical (unpaired) electrons. The molecule has 2 N–H and O–H groups in total. The van der Waals surface area contributed by atoms with Crippen LogP contribution in [0, 0.1) is 5.92 Å². The highest BCUT2D eigenvalue weighted by atomic mass is 16.3. The highest BCUT2D eigenvalue weighted by Gasteiger charge is 2.51. The number of carbonyl (C=O) groups excluding carboxylic acids is 3. The number of nitrogens with one attached hydrogen (secondary N) is 1. The van der Waals surface area contributed by atoms with Crippen molar-refractivity contribution in [3.63, 3.8) is 0 Å². The number of piperazine rings is 1. The van der Waals surface area contributed by atoms with Gasteiger partial charge in [-0.3, -0.25) is 14.6 Å².